The number of rotatable bonds is 1. The van der Waals surface area contributed by atoms with Gasteiger partial charge >= 0.3 is 6.55 Å². The fraction of sp³-hybridized carbons (Fsp3) is 0.125. The molecule has 14 heavy (non-hydrogen) atoms. The van der Waals surface area contributed by atoms with Crippen LogP contribution in [-0.4, -0.2) is 9.78 Å². The highest BCUT2D eigenvalue weighted by atomic mass is 127. The van der Waals surface area contributed by atoms with E-state index in [1.54, 1.807) is 12.1 Å². The normalized spacial score (nSPS) is 11.5. The zero-order valence-electron chi connectivity index (χ0n) is 6.72. The SMILES string of the molecule is FC(F)n1nc(I)c2ccc(Br)cc21. The summed E-state index contributed by atoms with van der Waals surface area (Å²) in [6.07, 6.45) is 0. The van der Waals surface area contributed by atoms with Gasteiger partial charge in [-0.2, -0.15) is 13.9 Å². The molecule has 0 aliphatic carbocycles. The van der Waals surface area contributed by atoms with Gasteiger partial charge in [0.15, 0.2) is 0 Å². The molecule has 0 unspecified atom stereocenters. The summed E-state index contributed by atoms with van der Waals surface area (Å²) in [4.78, 5) is 0. The average molecular weight is 373 g/mol. The van der Waals surface area contributed by atoms with Crippen molar-refractivity contribution >= 4 is 49.4 Å². The standard InChI is InChI=1S/C8H4BrF2IN2/c9-4-1-2-5-6(3-4)14(8(10)11)13-7(5)12/h1-3,8H. The van der Waals surface area contributed by atoms with E-state index in [-0.39, 0.29) is 0 Å². The maximum Gasteiger partial charge on any atom is 0.333 e. The van der Waals surface area contributed by atoms with Crippen LogP contribution in [0.1, 0.15) is 6.55 Å². The van der Waals surface area contributed by atoms with Crippen molar-refractivity contribution in [2.75, 3.05) is 0 Å². The lowest BCUT2D eigenvalue weighted by atomic mass is 10.3. The Labute approximate surface area is 101 Å². The minimum absolute atomic E-state index is 0.443. The highest BCUT2D eigenvalue weighted by Crippen LogP contribution is 2.26. The lowest BCUT2D eigenvalue weighted by molar-refractivity contribution is 0.0611. The van der Waals surface area contributed by atoms with E-state index in [2.05, 4.69) is 21.0 Å². The van der Waals surface area contributed by atoms with Crippen LogP contribution in [0.5, 0.6) is 0 Å². The van der Waals surface area contributed by atoms with Gasteiger partial charge in [0.25, 0.3) is 0 Å². The minimum atomic E-state index is -2.60. The molecule has 0 aliphatic heterocycles. The van der Waals surface area contributed by atoms with E-state index < -0.39 is 6.55 Å². The molecule has 2 aromatic rings. The number of nitrogens with zero attached hydrogens (tertiary/aromatic N) is 2. The van der Waals surface area contributed by atoms with Crippen molar-refractivity contribution in [3.05, 3.63) is 26.4 Å². The zero-order valence-corrected chi connectivity index (χ0v) is 10.5. The van der Waals surface area contributed by atoms with E-state index in [0.29, 0.717) is 9.22 Å². The quantitative estimate of drug-likeness (QED) is 0.696. The molecule has 0 atom stereocenters. The predicted molar refractivity (Wildman–Crippen MR) is 61.4 cm³/mol. The second-order valence-electron chi connectivity index (χ2n) is 2.67. The molecule has 0 radical (unpaired) electrons. The van der Waals surface area contributed by atoms with Gasteiger partial charge in [0, 0.05) is 9.86 Å². The summed E-state index contributed by atoms with van der Waals surface area (Å²) in [6, 6.07) is 5.21. The lowest BCUT2D eigenvalue weighted by Gasteiger charge is -2.00. The Morgan fingerprint density at radius 1 is 1.43 bits per heavy atom. The molecular formula is C8H4BrF2IN2. The molecule has 1 aromatic carbocycles. The monoisotopic (exact) mass is 372 g/mol. The van der Waals surface area contributed by atoms with E-state index in [0.717, 1.165) is 14.5 Å². The summed E-state index contributed by atoms with van der Waals surface area (Å²) in [5.74, 6) is 0. The van der Waals surface area contributed by atoms with Gasteiger partial charge in [-0.3, -0.25) is 0 Å². The van der Waals surface area contributed by atoms with Crippen LogP contribution in [-0.2, 0) is 0 Å². The minimum Gasteiger partial charge on any atom is -0.203 e. The van der Waals surface area contributed by atoms with Crippen molar-refractivity contribution in [2.45, 2.75) is 6.55 Å². The molecule has 2 nitrogen and oxygen atoms in total. The van der Waals surface area contributed by atoms with Crippen LogP contribution in [0, 0.1) is 3.70 Å². The third kappa shape index (κ3) is 1.65. The predicted octanol–water partition coefficient (Wildman–Crippen LogP) is 3.80. The first-order valence-electron chi connectivity index (χ1n) is 3.71. The first-order valence-corrected chi connectivity index (χ1v) is 5.58. The number of halogens is 4. The summed E-state index contributed by atoms with van der Waals surface area (Å²) in [7, 11) is 0. The van der Waals surface area contributed by atoms with Crippen LogP contribution in [0.2, 0.25) is 0 Å². The first kappa shape index (κ1) is 10.3. The molecule has 0 N–H and O–H groups in total. The van der Waals surface area contributed by atoms with E-state index in [9.17, 15) is 8.78 Å². The van der Waals surface area contributed by atoms with Gasteiger partial charge in [-0.05, 0) is 40.8 Å². The smallest absolute Gasteiger partial charge is 0.203 e. The third-order valence-electron chi connectivity index (χ3n) is 1.81. The highest BCUT2D eigenvalue weighted by molar-refractivity contribution is 14.1. The summed E-state index contributed by atoms with van der Waals surface area (Å²) in [5.41, 5.74) is 0.443. The summed E-state index contributed by atoms with van der Waals surface area (Å²) >= 11 is 5.18. The Morgan fingerprint density at radius 3 is 2.79 bits per heavy atom. The van der Waals surface area contributed by atoms with Crippen LogP contribution in [0.3, 0.4) is 0 Å². The lowest BCUT2D eigenvalue weighted by Crippen LogP contribution is -1.99. The number of alkyl halides is 2. The van der Waals surface area contributed by atoms with Gasteiger partial charge in [0.1, 0.15) is 3.70 Å². The van der Waals surface area contributed by atoms with E-state index in [4.69, 9.17) is 0 Å². The first-order chi connectivity index (χ1) is 6.59. The maximum atomic E-state index is 12.5. The second kappa shape index (κ2) is 3.73. The molecule has 1 aromatic heterocycles. The van der Waals surface area contributed by atoms with Crippen LogP contribution < -0.4 is 0 Å². The van der Waals surface area contributed by atoms with Crippen molar-refractivity contribution in [3.8, 4) is 0 Å². The van der Waals surface area contributed by atoms with Gasteiger partial charge in [-0.25, -0.2) is 4.68 Å². The Hall–Kier alpha value is -0.240. The van der Waals surface area contributed by atoms with Gasteiger partial charge in [0.2, 0.25) is 0 Å². The Morgan fingerprint density at radius 2 is 2.14 bits per heavy atom. The van der Waals surface area contributed by atoms with Crippen molar-refractivity contribution in [1.29, 1.82) is 0 Å². The van der Waals surface area contributed by atoms with E-state index in [1.165, 1.54) is 0 Å². The molecule has 6 heteroatoms. The van der Waals surface area contributed by atoms with Gasteiger partial charge in [-0.15, -0.1) is 0 Å². The van der Waals surface area contributed by atoms with Crippen molar-refractivity contribution < 1.29 is 8.78 Å². The van der Waals surface area contributed by atoms with E-state index in [1.807, 2.05) is 28.7 Å². The molecule has 0 saturated carbocycles. The van der Waals surface area contributed by atoms with Crippen LogP contribution >= 0.6 is 38.5 Å². The Balaban J connectivity index is 2.79. The summed E-state index contributed by atoms with van der Waals surface area (Å²) < 4.78 is 27.1. The second-order valence-corrected chi connectivity index (χ2v) is 4.61. The Kier molecular flexibility index (Phi) is 2.74. The van der Waals surface area contributed by atoms with Gasteiger partial charge < -0.3 is 0 Å². The number of hydrogen-bond donors (Lipinski definition) is 0. The molecule has 0 amide bonds. The molecule has 0 spiro atoms. The number of aromatic nitrogens is 2. The molecule has 0 aliphatic rings. The molecule has 0 fully saturated rings. The number of benzene rings is 1. The summed E-state index contributed by atoms with van der Waals surface area (Å²) in [6.45, 7) is -2.60. The fourth-order valence-electron chi connectivity index (χ4n) is 1.22. The van der Waals surface area contributed by atoms with Crippen LogP contribution in [0.4, 0.5) is 8.78 Å². The van der Waals surface area contributed by atoms with Crippen molar-refractivity contribution in [2.24, 2.45) is 0 Å². The third-order valence-corrected chi connectivity index (χ3v) is 3.10. The topological polar surface area (TPSA) is 17.8 Å². The summed E-state index contributed by atoms with van der Waals surface area (Å²) in [5, 5.41) is 4.51. The molecule has 0 bridgehead atoms. The molecular weight excluding hydrogens is 369 g/mol. The van der Waals surface area contributed by atoms with Gasteiger partial charge in [-0.1, -0.05) is 15.9 Å². The van der Waals surface area contributed by atoms with Crippen LogP contribution in [0.25, 0.3) is 10.9 Å². The average Bonchev–Trinajstić information content (AvgIpc) is 2.43. The van der Waals surface area contributed by atoms with Crippen LogP contribution in [0.15, 0.2) is 22.7 Å². The van der Waals surface area contributed by atoms with Crippen molar-refractivity contribution in [3.63, 3.8) is 0 Å². The maximum absolute atomic E-state index is 12.5. The zero-order chi connectivity index (χ0) is 10.3. The highest BCUT2D eigenvalue weighted by Gasteiger charge is 2.14. The molecule has 2 rings (SSSR count). The van der Waals surface area contributed by atoms with E-state index >= 15 is 0 Å². The number of fused-ring (bicyclic) bond motifs is 1. The molecule has 74 valence electrons. The largest absolute Gasteiger partial charge is 0.333 e. The van der Waals surface area contributed by atoms with Crippen molar-refractivity contribution in [1.82, 2.24) is 9.78 Å². The molecule has 1 heterocycles. The Bertz CT molecular complexity index is 483. The molecule has 0 saturated heterocycles. The van der Waals surface area contributed by atoms with Gasteiger partial charge in [0.05, 0.1) is 5.52 Å². The number of hydrogen-bond acceptors (Lipinski definition) is 1. The fourth-order valence-corrected chi connectivity index (χ4v) is 2.26.